The van der Waals surface area contributed by atoms with E-state index in [0.717, 1.165) is 4.90 Å². The number of ether oxygens (including phenoxy) is 2. The van der Waals surface area contributed by atoms with E-state index in [4.69, 9.17) is 15.2 Å². The number of benzene rings is 1. The first-order valence-electron chi connectivity index (χ1n) is 4.75. The standard InChI is InChI=1S/C11H15NO3S/c1-14-11(15-2)9(10(12)13)16-8-6-4-3-5-7-8/h3-7,9,11H,1-2H3,(H2,12,13). The highest BCUT2D eigenvalue weighted by molar-refractivity contribution is 8.00. The molecule has 0 fully saturated rings. The van der Waals surface area contributed by atoms with Crippen LogP contribution in [0.2, 0.25) is 0 Å². The van der Waals surface area contributed by atoms with Crippen molar-refractivity contribution in [2.45, 2.75) is 16.4 Å². The zero-order chi connectivity index (χ0) is 12.0. The average Bonchev–Trinajstić information content (AvgIpc) is 2.30. The van der Waals surface area contributed by atoms with Gasteiger partial charge in [-0.1, -0.05) is 18.2 Å². The van der Waals surface area contributed by atoms with Crippen molar-refractivity contribution in [3.63, 3.8) is 0 Å². The lowest BCUT2D eigenvalue weighted by molar-refractivity contribution is -0.134. The van der Waals surface area contributed by atoms with E-state index in [-0.39, 0.29) is 0 Å². The molecule has 1 aromatic rings. The lowest BCUT2D eigenvalue weighted by Gasteiger charge is -2.21. The molecule has 0 bridgehead atoms. The van der Waals surface area contributed by atoms with Crippen LogP contribution in [0.3, 0.4) is 0 Å². The Hall–Kier alpha value is -1.04. The highest BCUT2D eigenvalue weighted by atomic mass is 32.2. The third-order valence-corrected chi connectivity index (χ3v) is 3.25. The van der Waals surface area contributed by atoms with E-state index >= 15 is 0 Å². The molecule has 0 saturated heterocycles. The van der Waals surface area contributed by atoms with Crippen molar-refractivity contribution in [1.29, 1.82) is 0 Å². The van der Waals surface area contributed by atoms with E-state index in [9.17, 15) is 4.79 Å². The maximum Gasteiger partial charge on any atom is 0.236 e. The van der Waals surface area contributed by atoms with E-state index in [0.29, 0.717) is 0 Å². The van der Waals surface area contributed by atoms with Crippen LogP contribution in [0.1, 0.15) is 0 Å². The Labute approximate surface area is 99.1 Å². The topological polar surface area (TPSA) is 61.6 Å². The summed E-state index contributed by atoms with van der Waals surface area (Å²) in [5, 5.41) is -0.558. The largest absolute Gasteiger partial charge is 0.369 e. The van der Waals surface area contributed by atoms with E-state index < -0.39 is 17.4 Å². The number of rotatable bonds is 6. The van der Waals surface area contributed by atoms with Crippen molar-refractivity contribution >= 4 is 17.7 Å². The van der Waals surface area contributed by atoms with Gasteiger partial charge in [-0.3, -0.25) is 4.79 Å². The number of nitrogens with two attached hydrogens (primary N) is 1. The van der Waals surface area contributed by atoms with Gasteiger partial charge >= 0.3 is 0 Å². The van der Waals surface area contributed by atoms with Crippen LogP contribution in [0.15, 0.2) is 35.2 Å². The van der Waals surface area contributed by atoms with Crippen LogP contribution in [0.5, 0.6) is 0 Å². The lowest BCUT2D eigenvalue weighted by Crippen LogP contribution is -2.38. The van der Waals surface area contributed by atoms with Crippen LogP contribution in [0, 0.1) is 0 Å². The van der Waals surface area contributed by atoms with Gasteiger partial charge < -0.3 is 15.2 Å². The summed E-state index contributed by atoms with van der Waals surface area (Å²) in [6, 6.07) is 9.52. The molecule has 1 unspecified atom stereocenters. The van der Waals surface area contributed by atoms with Crippen LogP contribution in [-0.2, 0) is 14.3 Å². The monoisotopic (exact) mass is 241 g/mol. The number of carbonyl (C=O) groups is 1. The number of carbonyl (C=O) groups excluding carboxylic acids is 1. The van der Waals surface area contributed by atoms with E-state index in [2.05, 4.69) is 0 Å². The summed E-state index contributed by atoms with van der Waals surface area (Å²) in [7, 11) is 2.96. The lowest BCUT2D eigenvalue weighted by atomic mass is 10.4. The van der Waals surface area contributed by atoms with Gasteiger partial charge in [0, 0.05) is 19.1 Å². The Morgan fingerprint density at radius 2 is 1.81 bits per heavy atom. The van der Waals surface area contributed by atoms with Gasteiger partial charge in [-0.2, -0.15) is 0 Å². The predicted molar refractivity (Wildman–Crippen MR) is 63.1 cm³/mol. The second-order valence-electron chi connectivity index (χ2n) is 3.09. The molecule has 0 aliphatic heterocycles. The van der Waals surface area contributed by atoms with Crippen LogP contribution >= 0.6 is 11.8 Å². The van der Waals surface area contributed by atoms with Crippen molar-refractivity contribution < 1.29 is 14.3 Å². The summed E-state index contributed by atoms with van der Waals surface area (Å²) >= 11 is 1.33. The van der Waals surface area contributed by atoms with Gasteiger partial charge in [0.15, 0.2) is 6.29 Å². The Bertz CT molecular complexity index is 327. The second-order valence-corrected chi connectivity index (χ2v) is 4.31. The maximum atomic E-state index is 11.3. The number of hydrogen-bond acceptors (Lipinski definition) is 4. The minimum atomic E-state index is -0.636. The summed E-state index contributed by atoms with van der Waals surface area (Å²) < 4.78 is 10.1. The fourth-order valence-corrected chi connectivity index (χ4v) is 2.29. The Balaban J connectivity index is 2.76. The van der Waals surface area contributed by atoms with Gasteiger partial charge in [0.25, 0.3) is 0 Å². The molecular formula is C11H15NO3S. The smallest absolute Gasteiger partial charge is 0.236 e. The van der Waals surface area contributed by atoms with Crippen molar-refractivity contribution in [2.75, 3.05) is 14.2 Å². The first-order valence-corrected chi connectivity index (χ1v) is 5.63. The van der Waals surface area contributed by atoms with Crippen LogP contribution in [0.4, 0.5) is 0 Å². The molecule has 0 aromatic heterocycles. The van der Waals surface area contributed by atoms with Crippen LogP contribution < -0.4 is 5.73 Å². The number of thioether (sulfide) groups is 1. The highest BCUT2D eigenvalue weighted by Crippen LogP contribution is 2.26. The molecule has 0 heterocycles. The molecule has 0 radical (unpaired) electrons. The maximum absolute atomic E-state index is 11.3. The third kappa shape index (κ3) is 3.52. The normalized spacial score (nSPS) is 12.7. The fraction of sp³-hybridized carbons (Fsp3) is 0.364. The molecule has 88 valence electrons. The molecule has 0 aliphatic rings. The molecule has 1 rings (SSSR count). The fourth-order valence-electron chi connectivity index (χ4n) is 1.24. The van der Waals surface area contributed by atoms with E-state index in [1.807, 2.05) is 30.3 Å². The minimum absolute atomic E-state index is 0.456. The SMILES string of the molecule is COC(OC)C(Sc1ccccc1)C(N)=O. The average molecular weight is 241 g/mol. The minimum Gasteiger partial charge on any atom is -0.369 e. The molecule has 1 atom stereocenters. The van der Waals surface area contributed by atoms with Crippen molar-refractivity contribution in [1.82, 2.24) is 0 Å². The molecule has 16 heavy (non-hydrogen) atoms. The number of methoxy groups -OCH3 is 2. The molecular weight excluding hydrogens is 226 g/mol. The van der Waals surface area contributed by atoms with Gasteiger partial charge in [0.2, 0.25) is 5.91 Å². The zero-order valence-corrected chi connectivity index (χ0v) is 10.1. The van der Waals surface area contributed by atoms with Gasteiger partial charge in [0.1, 0.15) is 5.25 Å². The molecule has 0 aliphatic carbocycles. The van der Waals surface area contributed by atoms with E-state index in [1.54, 1.807) is 0 Å². The van der Waals surface area contributed by atoms with Crippen LogP contribution in [-0.4, -0.2) is 31.7 Å². The molecule has 1 amide bonds. The van der Waals surface area contributed by atoms with E-state index in [1.165, 1.54) is 26.0 Å². The zero-order valence-electron chi connectivity index (χ0n) is 9.25. The summed E-state index contributed by atoms with van der Waals surface area (Å²) in [6.45, 7) is 0. The first-order chi connectivity index (χ1) is 7.69. The predicted octanol–water partition coefficient (Wildman–Crippen LogP) is 1.25. The summed E-state index contributed by atoms with van der Waals surface area (Å²) in [6.07, 6.45) is -0.636. The number of hydrogen-bond donors (Lipinski definition) is 1. The Kier molecular flexibility index (Phi) is 5.31. The van der Waals surface area contributed by atoms with Crippen molar-refractivity contribution in [2.24, 2.45) is 5.73 Å². The van der Waals surface area contributed by atoms with Crippen molar-refractivity contribution in [3.8, 4) is 0 Å². The second kappa shape index (κ2) is 6.52. The molecule has 5 heteroatoms. The Morgan fingerprint density at radius 3 is 2.25 bits per heavy atom. The molecule has 1 aromatic carbocycles. The Morgan fingerprint density at radius 1 is 1.25 bits per heavy atom. The van der Waals surface area contributed by atoms with Crippen molar-refractivity contribution in [3.05, 3.63) is 30.3 Å². The summed E-state index contributed by atoms with van der Waals surface area (Å²) in [5.41, 5.74) is 5.32. The quantitative estimate of drug-likeness (QED) is 0.601. The summed E-state index contributed by atoms with van der Waals surface area (Å²) in [4.78, 5) is 12.3. The molecule has 0 saturated carbocycles. The summed E-state index contributed by atoms with van der Waals surface area (Å²) in [5.74, 6) is -0.456. The van der Waals surface area contributed by atoms with Gasteiger partial charge in [0.05, 0.1) is 0 Å². The van der Waals surface area contributed by atoms with Crippen LogP contribution in [0.25, 0.3) is 0 Å². The van der Waals surface area contributed by atoms with Gasteiger partial charge in [-0.05, 0) is 12.1 Å². The van der Waals surface area contributed by atoms with Gasteiger partial charge in [-0.15, -0.1) is 11.8 Å². The molecule has 4 nitrogen and oxygen atoms in total. The first kappa shape index (κ1) is 13.0. The third-order valence-electron chi connectivity index (χ3n) is 2.00. The highest BCUT2D eigenvalue weighted by Gasteiger charge is 2.27. The molecule has 0 spiro atoms. The number of primary amides is 1. The number of amides is 1. The van der Waals surface area contributed by atoms with Gasteiger partial charge in [-0.25, -0.2) is 0 Å². The molecule has 2 N–H and O–H groups in total.